The molecule has 0 spiro atoms. The molecule has 1 aliphatic rings. The van der Waals surface area contributed by atoms with E-state index < -0.39 is 0 Å². The fraction of sp³-hybridized carbons (Fsp3) is 0.250. The summed E-state index contributed by atoms with van der Waals surface area (Å²) in [7, 11) is 0. The van der Waals surface area contributed by atoms with Gasteiger partial charge in [-0.25, -0.2) is 4.98 Å². The summed E-state index contributed by atoms with van der Waals surface area (Å²) in [6.07, 6.45) is 2.79. The SMILES string of the molecule is O=C(c1c(-c2ccccc2)nnc2ccccc12)N1CCCN(Cc2nccs2)CC1. The minimum atomic E-state index is 0.0288. The third-order valence-corrected chi connectivity index (χ3v) is 6.41. The maximum atomic E-state index is 13.8. The molecule has 0 aliphatic carbocycles. The largest absolute Gasteiger partial charge is 0.337 e. The second kappa shape index (κ2) is 8.91. The maximum Gasteiger partial charge on any atom is 0.256 e. The van der Waals surface area contributed by atoms with Crippen molar-refractivity contribution in [2.75, 3.05) is 26.2 Å². The number of amides is 1. The van der Waals surface area contributed by atoms with Crippen molar-refractivity contribution in [1.82, 2.24) is 25.0 Å². The number of aromatic nitrogens is 3. The van der Waals surface area contributed by atoms with E-state index in [2.05, 4.69) is 20.1 Å². The number of carbonyl (C=O) groups excluding carboxylic acids is 1. The molecule has 0 N–H and O–H groups in total. The number of thiazole rings is 1. The van der Waals surface area contributed by atoms with E-state index in [-0.39, 0.29) is 5.91 Å². The molecule has 0 bridgehead atoms. The molecule has 1 saturated heterocycles. The van der Waals surface area contributed by atoms with Gasteiger partial charge in [-0.15, -0.1) is 21.5 Å². The summed E-state index contributed by atoms with van der Waals surface area (Å²) >= 11 is 1.68. The molecule has 1 amide bonds. The highest BCUT2D eigenvalue weighted by Crippen LogP contribution is 2.28. The van der Waals surface area contributed by atoms with Gasteiger partial charge in [-0.05, 0) is 12.5 Å². The van der Waals surface area contributed by atoms with Crippen LogP contribution in [0.4, 0.5) is 0 Å². The molecular weight excluding hydrogens is 406 g/mol. The lowest BCUT2D eigenvalue weighted by Gasteiger charge is -2.23. The Morgan fingerprint density at radius 3 is 2.61 bits per heavy atom. The van der Waals surface area contributed by atoms with Crippen LogP contribution in [-0.2, 0) is 6.54 Å². The number of rotatable bonds is 4. The first-order valence-corrected chi connectivity index (χ1v) is 11.4. The summed E-state index contributed by atoms with van der Waals surface area (Å²) in [4.78, 5) is 22.6. The summed E-state index contributed by atoms with van der Waals surface area (Å²) in [6.45, 7) is 4.06. The molecule has 0 saturated carbocycles. The van der Waals surface area contributed by atoms with Crippen LogP contribution in [-0.4, -0.2) is 57.1 Å². The lowest BCUT2D eigenvalue weighted by Crippen LogP contribution is -2.35. The highest BCUT2D eigenvalue weighted by molar-refractivity contribution is 7.09. The summed E-state index contributed by atoms with van der Waals surface area (Å²) in [5.74, 6) is 0.0288. The molecule has 6 nitrogen and oxygen atoms in total. The van der Waals surface area contributed by atoms with E-state index >= 15 is 0 Å². The van der Waals surface area contributed by atoms with Crippen LogP contribution in [0.25, 0.3) is 22.2 Å². The van der Waals surface area contributed by atoms with Gasteiger partial charge in [-0.1, -0.05) is 48.5 Å². The van der Waals surface area contributed by atoms with Crippen LogP contribution in [0.15, 0.2) is 66.2 Å². The quantitative estimate of drug-likeness (QED) is 0.489. The van der Waals surface area contributed by atoms with Gasteiger partial charge in [-0.3, -0.25) is 9.69 Å². The molecule has 5 rings (SSSR count). The van der Waals surface area contributed by atoms with Crippen molar-refractivity contribution >= 4 is 28.1 Å². The van der Waals surface area contributed by atoms with E-state index in [1.54, 1.807) is 11.3 Å². The molecule has 4 aromatic rings. The Bertz CT molecular complexity index is 1180. The maximum absolute atomic E-state index is 13.8. The lowest BCUT2D eigenvalue weighted by atomic mass is 10.0. The van der Waals surface area contributed by atoms with E-state index in [1.807, 2.05) is 71.1 Å². The Morgan fingerprint density at radius 1 is 0.935 bits per heavy atom. The minimum Gasteiger partial charge on any atom is -0.337 e. The molecule has 7 heteroatoms. The van der Waals surface area contributed by atoms with Gasteiger partial charge < -0.3 is 4.90 Å². The highest BCUT2D eigenvalue weighted by atomic mass is 32.1. The molecule has 0 atom stereocenters. The van der Waals surface area contributed by atoms with Gasteiger partial charge in [0.2, 0.25) is 0 Å². The van der Waals surface area contributed by atoms with Gasteiger partial charge in [0, 0.05) is 48.7 Å². The average Bonchev–Trinajstić information content (AvgIpc) is 3.22. The Labute approximate surface area is 185 Å². The Balaban J connectivity index is 1.46. The van der Waals surface area contributed by atoms with Crippen LogP contribution in [0.3, 0.4) is 0 Å². The first-order valence-electron chi connectivity index (χ1n) is 10.5. The summed E-state index contributed by atoms with van der Waals surface area (Å²) in [5, 5.41) is 12.8. The Hall–Kier alpha value is -3.16. The predicted octanol–water partition coefficient (Wildman–Crippen LogP) is 4.10. The van der Waals surface area contributed by atoms with Crippen molar-refractivity contribution in [3.05, 3.63) is 76.7 Å². The summed E-state index contributed by atoms with van der Waals surface area (Å²) in [6, 6.07) is 17.6. The smallest absolute Gasteiger partial charge is 0.256 e. The monoisotopic (exact) mass is 429 g/mol. The Morgan fingerprint density at radius 2 is 1.77 bits per heavy atom. The molecule has 0 radical (unpaired) electrons. The van der Waals surface area contributed by atoms with Crippen LogP contribution in [0, 0.1) is 0 Å². The van der Waals surface area contributed by atoms with Gasteiger partial charge in [0.25, 0.3) is 5.91 Å². The number of hydrogen-bond donors (Lipinski definition) is 0. The summed E-state index contributed by atoms with van der Waals surface area (Å²) < 4.78 is 0. The van der Waals surface area contributed by atoms with E-state index in [1.165, 1.54) is 0 Å². The number of fused-ring (bicyclic) bond motifs is 1. The summed E-state index contributed by atoms with van der Waals surface area (Å²) in [5.41, 5.74) is 2.94. The molecule has 1 fully saturated rings. The fourth-order valence-electron chi connectivity index (χ4n) is 4.08. The van der Waals surface area contributed by atoms with Crippen LogP contribution < -0.4 is 0 Å². The zero-order chi connectivity index (χ0) is 21.0. The van der Waals surface area contributed by atoms with E-state index in [0.29, 0.717) is 17.8 Å². The van der Waals surface area contributed by atoms with E-state index in [0.717, 1.165) is 54.1 Å². The lowest BCUT2D eigenvalue weighted by molar-refractivity contribution is 0.0763. The molecule has 3 heterocycles. The third-order valence-electron chi connectivity index (χ3n) is 5.65. The van der Waals surface area contributed by atoms with Crippen LogP contribution in [0.2, 0.25) is 0 Å². The van der Waals surface area contributed by atoms with Crippen molar-refractivity contribution in [2.45, 2.75) is 13.0 Å². The Kier molecular flexibility index (Phi) is 5.69. The second-order valence-electron chi connectivity index (χ2n) is 7.65. The molecule has 2 aromatic carbocycles. The van der Waals surface area contributed by atoms with E-state index in [9.17, 15) is 4.79 Å². The highest BCUT2D eigenvalue weighted by Gasteiger charge is 2.26. The fourth-order valence-corrected chi connectivity index (χ4v) is 4.74. The predicted molar refractivity (Wildman–Crippen MR) is 123 cm³/mol. The average molecular weight is 430 g/mol. The van der Waals surface area contributed by atoms with Crippen molar-refractivity contribution in [1.29, 1.82) is 0 Å². The molecular formula is C24H23N5OS. The van der Waals surface area contributed by atoms with Gasteiger partial charge >= 0.3 is 0 Å². The number of carbonyl (C=O) groups is 1. The molecule has 156 valence electrons. The zero-order valence-electron chi connectivity index (χ0n) is 17.1. The second-order valence-corrected chi connectivity index (χ2v) is 8.63. The third kappa shape index (κ3) is 4.19. The molecule has 1 aliphatic heterocycles. The van der Waals surface area contributed by atoms with Crippen molar-refractivity contribution < 1.29 is 4.79 Å². The van der Waals surface area contributed by atoms with Gasteiger partial charge in [0.05, 0.1) is 17.6 Å². The molecule has 0 unspecified atom stereocenters. The van der Waals surface area contributed by atoms with Gasteiger partial charge in [0.1, 0.15) is 10.7 Å². The van der Waals surface area contributed by atoms with Crippen LogP contribution in [0.1, 0.15) is 21.8 Å². The van der Waals surface area contributed by atoms with Crippen LogP contribution >= 0.6 is 11.3 Å². The minimum absolute atomic E-state index is 0.0288. The van der Waals surface area contributed by atoms with Crippen molar-refractivity contribution in [3.63, 3.8) is 0 Å². The van der Waals surface area contributed by atoms with E-state index in [4.69, 9.17) is 0 Å². The standard InChI is InChI=1S/C24H23N5OS/c30-24(29-13-6-12-28(14-15-29)17-21-25-11-16-31-21)22-19-9-4-5-10-20(19)26-27-23(22)18-7-2-1-3-8-18/h1-5,7-11,16H,6,12-15,17H2. The number of hydrogen-bond acceptors (Lipinski definition) is 6. The van der Waals surface area contributed by atoms with Crippen molar-refractivity contribution in [2.24, 2.45) is 0 Å². The van der Waals surface area contributed by atoms with Crippen molar-refractivity contribution in [3.8, 4) is 11.3 Å². The van der Waals surface area contributed by atoms with Gasteiger partial charge in [0.15, 0.2) is 0 Å². The topological polar surface area (TPSA) is 62.2 Å². The first-order chi connectivity index (χ1) is 15.3. The molecule has 31 heavy (non-hydrogen) atoms. The number of benzene rings is 2. The van der Waals surface area contributed by atoms with Gasteiger partial charge in [-0.2, -0.15) is 0 Å². The van der Waals surface area contributed by atoms with Crippen LogP contribution in [0.5, 0.6) is 0 Å². The normalized spacial score (nSPS) is 15.2. The zero-order valence-corrected chi connectivity index (χ0v) is 18.0. The number of nitrogens with zero attached hydrogens (tertiary/aromatic N) is 5. The molecule has 2 aromatic heterocycles. The first kappa shape index (κ1) is 19.8.